The minimum atomic E-state index is -0.754. The van der Waals surface area contributed by atoms with Gasteiger partial charge in [0.15, 0.2) is 0 Å². The monoisotopic (exact) mass is 450 g/mol. The normalized spacial score (nSPS) is 26.7. The number of hydrogen-bond donors (Lipinski definition) is 1. The Labute approximate surface area is 192 Å². The third-order valence-corrected chi connectivity index (χ3v) is 7.38. The Morgan fingerprint density at radius 2 is 2.06 bits per heavy atom. The topological polar surface area (TPSA) is 92.0 Å². The zero-order valence-corrected chi connectivity index (χ0v) is 18.8. The van der Waals surface area contributed by atoms with E-state index in [1.807, 2.05) is 22.8 Å². The van der Waals surface area contributed by atoms with Crippen LogP contribution < -0.4 is 5.32 Å². The molecule has 9 heteroatoms. The fourth-order valence-corrected chi connectivity index (χ4v) is 5.47. The standard InChI is InChI=1S/C24H27FN6O2/c1-14-11-29-7-3-4-17(29)12-30(14)24(33)31-13-20-19(15(31)2)10-27-22(20)28-23(32)18-6-5-16(9-26)8-21(18)25/h5-6,8,14-15,17H,3-4,7,10-13H2,1-2H3,(H,27,28,32)/t14-,15?,17-/m0/s1. The van der Waals surface area contributed by atoms with Gasteiger partial charge in [-0.25, -0.2) is 9.18 Å². The molecule has 172 valence electrons. The van der Waals surface area contributed by atoms with Crippen molar-refractivity contribution in [3.05, 3.63) is 46.3 Å². The highest BCUT2D eigenvalue weighted by atomic mass is 19.1. The molecule has 0 radical (unpaired) electrons. The van der Waals surface area contributed by atoms with Crippen LogP contribution >= 0.6 is 0 Å². The summed E-state index contributed by atoms with van der Waals surface area (Å²) in [7, 11) is 0. The molecule has 1 unspecified atom stereocenters. The van der Waals surface area contributed by atoms with Crippen LogP contribution in [0.2, 0.25) is 0 Å². The van der Waals surface area contributed by atoms with Gasteiger partial charge in [-0.1, -0.05) is 0 Å². The molecule has 3 atom stereocenters. The molecule has 1 aromatic rings. The van der Waals surface area contributed by atoms with Crippen molar-refractivity contribution in [1.82, 2.24) is 20.0 Å². The molecule has 0 aromatic heterocycles. The minimum Gasteiger partial charge on any atom is -0.319 e. The number of benzene rings is 1. The summed E-state index contributed by atoms with van der Waals surface area (Å²) in [6.45, 7) is 7.67. The van der Waals surface area contributed by atoms with Crippen molar-refractivity contribution in [3.8, 4) is 6.07 Å². The molecule has 2 saturated heterocycles. The predicted molar refractivity (Wildman–Crippen MR) is 120 cm³/mol. The molecular weight excluding hydrogens is 423 g/mol. The summed E-state index contributed by atoms with van der Waals surface area (Å²) < 4.78 is 14.3. The molecule has 4 aliphatic heterocycles. The molecule has 2 fully saturated rings. The molecular formula is C24H27FN6O2. The van der Waals surface area contributed by atoms with Crippen LogP contribution in [0.5, 0.6) is 0 Å². The number of amidine groups is 1. The van der Waals surface area contributed by atoms with Crippen LogP contribution in [0.4, 0.5) is 9.18 Å². The van der Waals surface area contributed by atoms with E-state index in [0.717, 1.165) is 43.3 Å². The summed E-state index contributed by atoms with van der Waals surface area (Å²) >= 11 is 0. The zero-order valence-electron chi connectivity index (χ0n) is 18.8. The lowest BCUT2D eigenvalue weighted by Crippen LogP contribution is -2.60. The van der Waals surface area contributed by atoms with E-state index < -0.39 is 11.7 Å². The zero-order chi connectivity index (χ0) is 23.3. The Hall–Kier alpha value is -3.25. The van der Waals surface area contributed by atoms with Gasteiger partial charge < -0.3 is 15.1 Å². The average Bonchev–Trinajstić information content (AvgIpc) is 3.49. The van der Waals surface area contributed by atoms with Crippen LogP contribution in [0.15, 0.2) is 34.3 Å². The number of rotatable bonds is 1. The van der Waals surface area contributed by atoms with Crippen molar-refractivity contribution in [2.45, 2.75) is 44.8 Å². The average molecular weight is 451 g/mol. The number of piperazine rings is 1. The lowest BCUT2D eigenvalue weighted by atomic mass is 10.1. The van der Waals surface area contributed by atoms with Crippen LogP contribution in [-0.4, -0.2) is 83.3 Å². The summed E-state index contributed by atoms with van der Waals surface area (Å²) in [4.78, 5) is 37.0. The van der Waals surface area contributed by atoms with Gasteiger partial charge in [-0.3, -0.25) is 14.7 Å². The molecule has 0 aliphatic carbocycles. The van der Waals surface area contributed by atoms with Crippen LogP contribution in [-0.2, 0) is 0 Å². The van der Waals surface area contributed by atoms with Gasteiger partial charge in [-0.15, -0.1) is 0 Å². The maximum Gasteiger partial charge on any atom is 0.321 e. The van der Waals surface area contributed by atoms with E-state index >= 15 is 0 Å². The fourth-order valence-electron chi connectivity index (χ4n) is 5.47. The summed E-state index contributed by atoms with van der Waals surface area (Å²) in [6, 6.07) is 6.12. The maximum atomic E-state index is 14.3. The quantitative estimate of drug-likeness (QED) is 0.710. The smallest absolute Gasteiger partial charge is 0.319 e. The van der Waals surface area contributed by atoms with Gasteiger partial charge in [0.05, 0.1) is 36.3 Å². The number of carbonyl (C=O) groups is 2. The number of carbonyl (C=O) groups excluding carboxylic acids is 2. The first-order valence-electron chi connectivity index (χ1n) is 11.5. The van der Waals surface area contributed by atoms with Crippen LogP contribution in [0, 0.1) is 17.1 Å². The van der Waals surface area contributed by atoms with Crippen molar-refractivity contribution < 1.29 is 14.0 Å². The molecule has 4 aliphatic rings. The van der Waals surface area contributed by atoms with E-state index in [1.54, 1.807) is 0 Å². The van der Waals surface area contributed by atoms with Crippen LogP contribution in [0.1, 0.15) is 42.6 Å². The number of urea groups is 1. The largest absolute Gasteiger partial charge is 0.321 e. The second-order valence-electron chi connectivity index (χ2n) is 9.31. The van der Waals surface area contributed by atoms with Crippen LogP contribution in [0.3, 0.4) is 0 Å². The fraction of sp³-hybridized carbons (Fsp3) is 0.500. The summed E-state index contributed by atoms with van der Waals surface area (Å²) in [5.74, 6) is -0.974. The van der Waals surface area contributed by atoms with Gasteiger partial charge in [-0.2, -0.15) is 5.26 Å². The Bertz CT molecular complexity index is 1120. The van der Waals surface area contributed by atoms with E-state index in [1.165, 1.54) is 18.6 Å². The van der Waals surface area contributed by atoms with Crippen molar-refractivity contribution in [3.63, 3.8) is 0 Å². The van der Waals surface area contributed by atoms with Gasteiger partial charge in [0, 0.05) is 30.7 Å². The number of fused-ring (bicyclic) bond motifs is 1. The van der Waals surface area contributed by atoms with Crippen molar-refractivity contribution >= 4 is 17.8 Å². The SMILES string of the molecule is CC1C2=C(CN1C(=O)N1C[C@@H]3CCCN3C[C@@H]1C)C(NC(=O)c1ccc(C#N)cc1F)=NC2. The van der Waals surface area contributed by atoms with Gasteiger partial charge >= 0.3 is 6.03 Å². The van der Waals surface area contributed by atoms with E-state index in [4.69, 9.17) is 5.26 Å². The van der Waals surface area contributed by atoms with Gasteiger partial charge in [0.2, 0.25) is 0 Å². The highest BCUT2D eigenvalue weighted by molar-refractivity contribution is 6.14. The summed E-state index contributed by atoms with van der Waals surface area (Å²) in [5, 5.41) is 11.6. The Balaban J connectivity index is 1.28. The third kappa shape index (κ3) is 3.68. The van der Waals surface area contributed by atoms with E-state index in [2.05, 4.69) is 22.1 Å². The minimum absolute atomic E-state index is 0.0276. The molecule has 0 bridgehead atoms. The van der Waals surface area contributed by atoms with Crippen molar-refractivity contribution in [1.29, 1.82) is 5.26 Å². The van der Waals surface area contributed by atoms with Crippen molar-refractivity contribution in [2.24, 2.45) is 4.99 Å². The van der Waals surface area contributed by atoms with Crippen LogP contribution in [0.25, 0.3) is 0 Å². The molecule has 1 N–H and O–H groups in total. The highest BCUT2D eigenvalue weighted by Crippen LogP contribution is 2.32. The third-order valence-electron chi connectivity index (χ3n) is 7.38. The van der Waals surface area contributed by atoms with E-state index in [0.29, 0.717) is 25.0 Å². The first kappa shape index (κ1) is 21.6. The molecule has 5 rings (SSSR count). The molecule has 1 aromatic carbocycles. The number of aliphatic imine (C=N–C) groups is 1. The Morgan fingerprint density at radius 1 is 1.24 bits per heavy atom. The molecule has 0 saturated carbocycles. The second-order valence-corrected chi connectivity index (χ2v) is 9.31. The Kier molecular flexibility index (Phi) is 5.41. The maximum absolute atomic E-state index is 14.3. The number of nitriles is 1. The second kappa shape index (κ2) is 8.27. The van der Waals surface area contributed by atoms with E-state index in [9.17, 15) is 14.0 Å². The van der Waals surface area contributed by atoms with Gasteiger partial charge in [0.1, 0.15) is 11.7 Å². The lowest BCUT2D eigenvalue weighted by molar-refractivity contribution is 0.0627. The number of nitrogens with zero attached hydrogens (tertiary/aromatic N) is 5. The number of amides is 3. The molecule has 33 heavy (non-hydrogen) atoms. The Morgan fingerprint density at radius 3 is 2.82 bits per heavy atom. The highest BCUT2D eigenvalue weighted by Gasteiger charge is 2.43. The number of nitrogens with one attached hydrogen (secondary N) is 1. The lowest BCUT2D eigenvalue weighted by Gasteiger charge is -2.44. The molecule has 8 nitrogen and oxygen atoms in total. The summed E-state index contributed by atoms with van der Waals surface area (Å²) in [6.07, 6.45) is 2.32. The number of hydrogen-bond acceptors (Lipinski definition) is 5. The molecule has 4 heterocycles. The van der Waals surface area contributed by atoms with Gasteiger partial charge in [-0.05, 0) is 57.0 Å². The van der Waals surface area contributed by atoms with Crippen molar-refractivity contribution in [2.75, 3.05) is 32.7 Å². The molecule has 3 amide bonds. The van der Waals surface area contributed by atoms with Gasteiger partial charge in [0.25, 0.3) is 5.91 Å². The first-order chi connectivity index (χ1) is 15.9. The van der Waals surface area contributed by atoms with E-state index in [-0.39, 0.29) is 29.2 Å². The first-order valence-corrected chi connectivity index (χ1v) is 11.5. The summed E-state index contributed by atoms with van der Waals surface area (Å²) in [5.41, 5.74) is 1.86. The number of halogens is 1. The molecule has 0 spiro atoms. The predicted octanol–water partition coefficient (Wildman–Crippen LogP) is 2.13.